The van der Waals surface area contributed by atoms with Crippen molar-refractivity contribution in [3.63, 3.8) is 0 Å². The van der Waals surface area contributed by atoms with E-state index >= 15 is 0 Å². The third-order valence-corrected chi connectivity index (χ3v) is 9.92. The number of fused-ring (bicyclic) bond motifs is 5. The molecule has 5 rings (SSSR count). The average Bonchev–Trinajstić information content (AvgIpc) is 3.11. The molecule has 0 radical (unpaired) electrons. The van der Waals surface area contributed by atoms with E-state index in [0.717, 1.165) is 54.2 Å². The first-order valence-corrected chi connectivity index (χ1v) is 12.7. The topological polar surface area (TPSA) is 51.2 Å². The van der Waals surface area contributed by atoms with Crippen LogP contribution in [0.25, 0.3) is 0 Å². The van der Waals surface area contributed by atoms with E-state index in [-0.39, 0.29) is 17.2 Å². The minimum Gasteiger partial charge on any atom is -0.384 e. The van der Waals surface area contributed by atoms with Gasteiger partial charge in [-0.1, -0.05) is 13.0 Å². The molecule has 1 amide bonds. The van der Waals surface area contributed by atoms with Crippen molar-refractivity contribution in [2.75, 3.05) is 19.0 Å². The molecule has 1 N–H and O–H groups in total. The Kier molecular flexibility index (Phi) is 5.87. The Morgan fingerprint density at radius 3 is 2.74 bits per heavy atom. The lowest BCUT2D eigenvalue weighted by Crippen LogP contribution is -2.50. The molecule has 0 saturated heterocycles. The van der Waals surface area contributed by atoms with Crippen LogP contribution >= 0.6 is 0 Å². The van der Waals surface area contributed by atoms with E-state index in [9.17, 15) is 4.79 Å². The number of pyridine rings is 1. The van der Waals surface area contributed by atoms with Crippen molar-refractivity contribution in [2.45, 2.75) is 71.6 Å². The molecule has 4 aliphatic carbocycles. The number of carbonyl (C=O) groups excluding carboxylic acids is 1. The van der Waals surface area contributed by atoms with E-state index in [1.165, 1.54) is 51.4 Å². The highest BCUT2D eigenvalue weighted by molar-refractivity contribution is 5.92. The summed E-state index contributed by atoms with van der Waals surface area (Å²) >= 11 is 0. The van der Waals surface area contributed by atoms with Gasteiger partial charge in [-0.15, -0.1) is 0 Å². The molecule has 4 saturated carbocycles. The summed E-state index contributed by atoms with van der Waals surface area (Å²) in [5.74, 6) is 6.16. The van der Waals surface area contributed by atoms with Gasteiger partial charge in [-0.25, -0.2) is 4.98 Å². The molecular formula is C27H40N2O2. The third kappa shape index (κ3) is 3.83. The molecule has 8 unspecified atom stereocenters. The van der Waals surface area contributed by atoms with Gasteiger partial charge >= 0.3 is 0 Å². The van der Waals surface area contributed by atoms with Gasteiger partial charge in [-0.2, -0.15) is 0 Å². The highest BCUT2D eigenvalue weighted by Gasteiger charge is 2.58. The maximum absolute atomic E-state index is 13.3. The number of aryl methyl sites for hydroxylation is 1. The van der Waals surface area contributed by atoms with Gasteiger partial charge in [0.2, 0.25) is 5.91 Å². The number of hydrogen-bond donors (Lipinski definition) is 1. The summed E-state index contributed by atoms with van der Waals surface area (Å²) in [7, 11) is 1.85. The van der Waals surface area contributed by atoms with Gasteiger partial charge in [0.15, 0.2) is 0 Å². The van der Waals surface area contributed by atoms with Crippen molar-refractivity contribution in [1.82, 2.24) is 4.98 Å². The zero-order valence-electron chi connectivity index (χ0n) is 19.6. The van der Waals surface area contributed by atoms with Crippen LogP contribution in [-0.4, -0.2) is 24.6 Å². The Balaban J connectivity index is 1.28. The Bertz CT molecular complexity index is 810. The fraction of sp³-hybridized carbons (Fsp3) is 0.778. The quantitative estimate of drug-likeness (QED) is 0.658. The maximum atomic E-state index is 13.3. The number of methoxy groups -OCH3 is 1. The summed E-state index contributed by atoms with van der Waals surface area (Å²) in [5, 5.41) is 3.16. The molecule has 0 spiro atoms. The molecule has 170 valence electrons. The highest BCUT2D eigenvalue weighted by atomic mass is 16.5. The van der Waals surface area contributed by atoms with Crippen molar-refractivity contribution in [3.05, 3.63) is 23.9 Å². The number of ether oxygens (including phenoxy) is 1. The lowest BCUT2D eigenvalue weighted by Gasteiger charge is -2.56. The first kappa shape index (κ1) is 21.4. The third-order valence-electron chi connectivity index (χ3n) is 9.92. The van der Waals surface area contributed by atoms with Crippen LogP contribution in [0.4, 0.5) is 5.82 Å². The molecule has 0 bridgehead atoms. The normalized spacial score (nSPS) is 41.7. The van der Waals surface area contributed by atoms with Crippen LogP contribution in [0.3, 0.4) is 0 Å². The monoisotopic (exact) mass is 424 g/mol. The first-order valence-electron chi connectivity index (χ1n) is 12.7. The molecule has 0 aromatic carbocycles. The summed E-state index contributed by atoms with van der Waals surface area (Å²) in [6, 6.07) is 5.86. The molecule has 1 heterocycles. The zero-order valence-corrected chi connectivity index (χ0v) is 19.6. The van der Waals surface area contributed by atoms with Crippen LogP contribution in [-0.2, 0) is 9.53 Å². The highest BCUT2D eigenvalue weighted by Crippen LogP contribution is 2.64. The second-order valence-electron chi connectivity index (χ2n) is 11.4. The van der Waals surface area contributed by atoms with Gasteiger partial charge in [0.05, 0.1) is 0 Å². The number of rotatable bonds is 4. The SMILES string of the molecule is COCC1CCC2C(CCC3C2CCC2(C)C(C(=O)Nc4cccc(C)n4)CCC32)C1. The van der Waals surface area contributed by atoms with E-state index in [1.54, 1.807) is 0 Å². The van der Waals surface area contributed by atoms with Crippen LogP contribution < -0.4 is 5.32 Å². The van der Waals surface area contributed by atoms with E-state index in [0.29, 0.717) is 5.82 Å². The number of nitrogens with zero attached hydrogens (tertiary/aromatic N) is 1. The van der Waals surface area contributed by atoms with Gasteiger partial charge in [-0.3, -0.25) is 4.79 Å². The number of amides is 1. The number of hydrogen-bond acceptors (Lipinski definition) is 3. The minimum atomic E-state index is 0.135. The molecule has 4 heteroatoms. The molecule has 1 aromatic rings. The van der Waals surface area contributed by atoms with Crippen molar-refractivity contribution in [2.24, 2.45) is 46.8 Å². The lowest BCUT2D eigenvalue weighted by atomic mass is 9.49. The number of aromatic nitrogens is 1. The van der Waals surface area contributed by atoms with E-state index in [2.05, 4.69) is 17.2 Å². The van der Waals surface area contributed by atoms with Gasteiger partial charge in [-0.05, 0) is 118 Å². The molecule has 8 atom stereocenters. The molecule has 4 nitrogen and oxygen atoms in total. The second-order valence-corrected chi connectivity index (χ2v) is 11.4. The van der Waals surface area contributed by atoms with Gasteiger partial charge in [0.1, 0.15) is 5.82 Å². The largest absolute Gasteiger partial charge is 0.384 e. The summed E-state index contributed by atoms with van der Waals surface area (Å²) in [4.78, 5) is 17.8. The number of nitrogens with one attached hydrogen (secondary N) is 1. The predicted octanol–water partition coefficient (Wildman–Crippen LogP) is 5.86. The van der Waals surface area contributed by atoms with Crippen molar-refractivity contribution in [1.29, 1.82) is 0 Å². The van der Waals surface area contributed by atoms with Crippen LogP contribution in [0.15, 0.2) is 18.2 Å². The number of anilines is 1. The van der Waals surface area contributed by atoms with E-state index in [4.69, 9.17) is 4.74 Å². The fourth-order valence-electron chi connectivity index (χ4n) is 8.59. The molecule has 31 heavy (non-hydrogen) atoms. The molecular weight excluding hydrogens is 384 g/mol. The Labute approximate surface area is 187 Å². The predicted molar refractivity (Wildman–Crippen MR) is 124 cm³/mol. The number of carbonyl (C=O) groups is 1. The summed E-state index contributed by atoms with van der Waals surface area (Å²) in [6.45, 7) is 5.36. The fourth-order valence-corrected chi connectivity index (χ4v) is 8.59. The van der Waals surface area contributed by atoms with E-state index in [1.807, 2.05) is 32.2 Å². The van der Waals surface area contributed by atoms with Crippen LogP contribution in [0, 0.1) is 53.8 Å². The van der Waals surface area contributed by atoms with E-state index < -0.39 is 0 Å². The lowest BCUT2D eigenvalue weighted by molar-refractivity contribution is -0.127. The van der Waals surface area contributed by atoms with Crippen molar-refractivity contribution in [3.8, 4) is 0 Å². The van der Waals surface area contributed by atoms with Crippen LogP contribution in [0.2, 0.25) is 0 Å². The zero-order chi connectivity index (χ0) is 21.6. The second kappa shape index (κ2) is 8.50. The standard InChI is InChI=1S/C27H40N2O2/c1-17-5-4-6-25(28-17)29-26(30)24-12-11-23-22-10-8-19-15-18(16-31-3)7-9-20(19)21(22)13-14-27(23,24)2/h4-6,18-24H,7-16H2,1-3H3,(H,28,29,30). The Hall–Kier alpha value is -1.42. The Morgan fingerprint density at radius 1 is 1.10 bits per heavy atom. The van der Waals surface area contributed by atoms with Gasteiger partial charge in [0, 0.05) is 25.3 Å². The van der Waals surface area contributed by atoms with Crippen LogP contribution in [0.1, 0.15) is 70.4 Å². The maximum Gasteiger partial charge on any atom is 0.229 e. The van der Waals surface area contributed by atoms with Crippen molar-refractivity contribution < 1.29 is 9.53 Å². The minimum absolute atomic E-state index is 0.135. The average molecular weight is 425 g/mol. The first-order chi connectivity index (χ1) is 15.0. The molecule has 4 fully saturated rings. The van der Waals surface area contributed by atoms with Gasteiger partial charge in [0.25, 0.3) is 0 Å². The van der Waals surface area contributed by atoms with Crippen LogP contribution in [0.5, 0.6) is 0 Å². The summed E-state index contributed by atoms with van der Waals surface area (Å²) in [5.41, 5.74) is 1.11. The van der Waals surface area contributed by atoms with Gasteiger partial charge < -0.3 is 10.1 Å². The smallest absolute Gasteiger partial charge is 0.229 e. The summed E-state index contributed by atoms with van der Waals surface area (Å²) in [6.07, 6.45) is 11.8. The molecule has 0 aliphatic heterocycles. The van der Waals surface area contributed by atoms with Crippen molar-refractivity contribution >= 4 is 11.7 Å². The molecule has 4 aliphatic rings. The Morgan fingerprint density at radius 2 is 1.94 bits per heavy atom. The summed E-state index contributed by atoms with van der Waals surface area (Å²) < 4.78 is 5.48. The molecule has 1 aromatic heterocycles.